The quantitative estimate of drug-likeness (QED) is 0.247. The third-order valence-electron chi connectivity index (χ3n) is 7.77. The van der Waals surface area contributed by atoms with E-state index in [0.29, 0.717) is 12.8 Å². The first kappa shape index (κ1) is 27.6. The first-order chi connectivity index (χ1) is 20.6. The molecule has 1 saturated heterocycles. The maximum Gasteiger partial charge on any atom is 0.167 e. The number of benzene rings is 2. The van der Waals surface area contributed by atoms with Gasteiger partial charge < -0.3 is 5.32 Å². The highest BCUT2D eigenvalue weighted by Gasteiger charge is 2.13. The average Bonchev–Trinajstić information content (AvgIpc) is 3.04. The summed E-state index contributed by atoms with van der Waals surface area (Å²) in [7, 11) is 0. The number of nitrogens with zero attached hydrogens (tertiary/aromatic N) is 5. The zero-order chi connectivity index (χ0) is 28.7. The van der Waals surface area contributed by atoms with Crippen molar-refractivity contribution < 1.29 is 4.79 Å². The fourth-order valence-corrected chi connectivity index (χ4v) is 5.33. The van der Waals surface area contributed by atoms with Crippen molar-refractivity contribution in [3.05, 3.63) is 131 Å². The molecule has 210 valence electrons. The molecule has 1 N–H and O–H groups in total. The number of aryl methyl sites for hydroxylation is 1. The van der Waals surface area contributed by atoms with Gasteiger partial charge >= 0.3 is 0 Å². The van der Waals surface area contributed by atoms with Crippen LogP contribution in [-0.2, 0) is 19.4 Å². The molecule has 0 atom stereocenters. The number of hydrogen-bond acceptors (Lipinski definition) is 7. The molecule has 0 unspecified atom stereocenters. The van der Waals surface area contributed by atoms with Crippen LogP contribution >= 0.6 is 0 Å². The zero-order valence-corrected chi connectivity index (χ0v) is 23.8. The van der Waals surface area contributed by atoms with Gasteiger partial charge in [0, 0.05) is 93.2 Å². The number of ketones is 1. The number of piperazine rings is 1. The third-order valence-corrected chi connectivity index (χ3v) is 7.77. The molecular formula is C35H34N6O. The lowest BCUT2D eigenvalue weighted by Gasteiger charge is -2.27. The molecular weight excluding hydrogens is 520 g/mol. The van der Waals surface area contributed by atoms with Gasteiger partial charge in [-0.3, -0.25) is 19.7 Å². The molecule has 7 heteroatoms. The molecule has 3 aromatic heterocycles. The van der Waals surface area contributed by atoms with Gasteiger partial charge in [0.15, 0.2) is 5.78 Å². The Morgan fingerprint density at radius 3 is 2.38 bits per heavy atom. The van der Waals surface area contributed by atoms with Gasteiger partial charge in [-0.25, -0.2) is 9.97 Å². The molecule has 1 aliphatic heterocycles. The van der Waals surface area contributed by atoms with E-state index in [4.69, 9.17) is 4.98 Å². The molecule has 7 nitrogen and oxygen atoms in total. The smallest absolute Gasteiger partial charge is 0.167 e. The number of Topliss-reactive ketones (excluding diaryl/α,β-unsaturated/α-hetero) is 1. The van der Waals surface area contributed by atoms with Gasteiger partial charge in [0.2, 0.25) is 0 Å². The lowest BCUT2D eigenvalue weighted by molar-refractivity contribution is 0.0993. The summed E-state index contributed by atoms with van der Waals surface area (Å²) < 4.78 is 0. The van der Waals surface area contributed by atoms with Crippen molar-refractivity contribution in [1.29, 1.82) is 0 Å². The first-order valence-electron chi connectivity index (χ1n) is 14.4. The monoisotopic (exact) mass is 554 g/mol. The number of carbonyl (C=O) groups excluding carboxylic acids is 1. The minimum absolute atomic E-state index is 0.123. The molecule has 0 bridgehead atoms. The molecule has 0 spiro atoms. The number of rotatable bonds is 9. The highest BCUT2D eigenvalue weighted by atomic mass is 16.1. The molecule has 2 aromatic carbocycles. The number of carbonyl (C=O) groups is 1. The van der Waals surface area contributed by atoms with Crippen LogP contribution in [0.15, 0.2) is 97.7 Å². The van der Waals surface area contributed by atoms with Gasteiger partial charge in [-0.05, 0) is 59.0 Å². The van der Waals surface area contributed by atoms with Crippen LogP contribution in [0.5, 0.6) is 0 Å². The largest absolute Gasteiger partial charge is 0.314 e. The minimum atomic E-state index is 0.123. The maximum absolute atomic E-state index is 13.1. The first-order valence-corrected chi connectivity index (χ1v) is 14.4. The molecule has 0 aliphatic carbocycles. The molecule has 0 radical (unpaired) electrons. The van der Waals surface area contributed by atoms with Crippen LogP contribution in [0.3, 0.4) is 0 Å². The summed E-state index contributed by atoms with van der Waals surface area (Å²) in [5.41, 5.74) is 9.09. The lowest BCUT2D eigenvalue weighted by Crippen LogP contribution is -2.42. The van der Waals surface area contributed by atoms with Gasteiger partial charge in [0.05, 0.1) is 5.69 Å². The summed E-state index contributed by atoms with van der Waals surface area (Å²) in [5, 5.41) is 3.39. The standard InChI is InChI=1S/C35H34N6O/c1-25-2-3-27(19-34(42)29-6-4-26(5-7-29)24-41-16-14-37-15-17-41)18-30(25)21-35-39-13-10-33(40-35)32-20-31(22-38-23-32)28-8-11-36-12-9-28/h2-13,18,20,22-23,37H,14-17,19,21,24H2,1H3. The molecule has 0 saturated carbocycles. The van der Waals surface area contributed by atoms with Crippen LogP contribution in [0.25, 0.3) is 22.4 Å². The van der Waals surface area contributed by atoms with E-state index < -0.39 is 0 Å². The topological polar surface area (TPSA) is 83.9 Å². The van der Waals surface area contributed by atoms with Crippen LogP contribution in [0, 0.1) is 6.92 Å². The molecule has 1 aliphatic rings. The van der Waals surface area contributed by atoms with Crippen LogP contribution < -0.4 is 5.32 Å². The van der Waals surface area contributed by atoms with E-state index in [1.54, 1.807) is 18.6 Å². The van der Waals surface area contributed by atoms with Crippen LogP contribution in [0.2, 0.25) is 0 Å². The number of pyridine rings is 2. The van der Waals surface area contributed by atoms with E-state index in [1.165, 1.54) is 5.56 Å². The van der Waals surface area contributed by atoms with Crippen molar-refractivity contribution in [1.82, 2.24) is 30.2 Å². The average molecular weight is 555 g/mol. The number of aromatic nitrogens is 4. The highest BCUT2D eigenvalue weighted by Crippen LogP contribution is 2.24. The predicted octanol–water partition coefficient (Wildman–Crippen LogP) is 5.33. The normalized spacial score (nSPS) is 13.6. The maximum atomic E-state index is 13.1. The molecule has 42 heavy (non-hydrogen) atoms. The van der Waals surface area contributed by atoms with Crippen molar-refractivity contribution in [2.45, 2.75) is 26.3 Å². The molecule has 5 aromatic rings. The Labute approximate surface area is 246 Å². The van der Waals surface area contributed by atoms with E-state index in [9.17, 15) is 4.79 Å². The van der Waals surface area contributed by atoms with E-state index in [1.807, 2.05) is 48.8 Å². The number of nitrogens with one attached hydrogen (secondary N) is 1. The number of hydrogen-bond donors (Lipinski definition) is 1. The lowest BCUT2D eigenvalue weighted by atomic mass is 9.97. The van der Waals surface area contributed by atoms with Gasteiger partial charge in [-0.2, -0.15) is 0 Å². The SMILES string of the molecule is Cc1ccc(CC(=O)c2ccc(CN3CCNCC3)cc2)cc1Cc1nccc(-c2cncc(-c3ccncc3)c2)n1. The summed E-state index contributed by atoms with van der Waals surface area (Å²) in [5.74, 6) is 0.854. The Balaban J connectivity index is 1.14. The minimum Gasteiger partial charge on any atom is -0.314 e. The van der Waals surface area contributed by atoms with Gasteiger partial charge in [0.25, 0.3) is 0 Å². The summed E-state index contributed by atoms with van der Waals surface area (Å²) in [6.07, 6.45) is 9.97. The van der Waals surface area contributed by atoms with Gasteiger partial charge in [0.1, 0.15) is 5.82 Å². The second-order valence-corrected chi connectivity index (χ2v) is 10.8. The summed E-state index contributed by atoms with van der Waals surface area (Å²) in [6, 6.07) is 22.3. The van der Waals surface area contributed by atoms with E-state index in [0.717, 1.165) is 83.2 Å². The zero-order valence-electron chi connectivity index (χ0n) is 23.8. The van der Waals surface area contributed by atoms with E-state index >= 15 is 0 Å². The van der Waals surface area contributed by atoms with Crippen LogP contribution in [-0.4, -0.2) is 56.8 Å². The Kier molecular flexibility index (Phi) is 8.49. The van der Waals surface area contributed by atoms with Gasteiger partial charge in [-0.1, -0.05) is 42.5 Å². The van der Waals surface area contributed by atoms with E-state index in [-0.39, 0.29) is 5.78 Å². The Morgan fingerprint density at radius 2 is 1.57 bits per heavy atom. The molecule has 6 rings (SSSR count). The molecule has 1 fully saturated rings. The molecule has 0 amide bonds. The van der Waals surface area contributed by atoms with Crippen molar-refractivity contribution in [3.8, 4) is 22.4 Å². The summed E-state index contributed by atoms with van der Waals surface area (Å²) >= 11 is 0. The van der Waals surface area contributed by atoms with E-state index in [2.05, 4.69) is 62.4 Å². The fraction of sp³-hybridized carbons (Fsp3) is 0.229. The Bertz CT molecular complexity index is 1660. The predicted molar refractivity (Wildman–Crippen MR) is 165 cm³/mol. The summed E-state index contributed by atoms with van der Waals surface area (Å²) in [4.78, 5) is 33.6. The third kappa shape index (κ3) is 6.82. The molecule has 4 heterocycles. The van der Waals surface area contributed by atoms with Gasteiger partial charge in [-0.15, -0.1) is 0 Å². The Morgan fingerprint density at radius 1 is 0.810 bits per heavy atom. The van der Waals surface area contributed by atoms with Crippen molar-refractivity contribution in [2.24, 2.45) is 0 Å². The van der Waals surface area contributed by atoms with Crippen LogP contribution in [0.4, 0.5) is 0 Å². The van der Waals surface area contributed by atoms with Crippen molar-refractivity contribution >= 4 is 5.78 Å². The fourth-order valence-electron chi connectivity index (χ4n) is 5.33. The van der Waals surface area contributed by atoms with Crippen molar-refractivity contribution in [3.63, 3.8) is 0 Å². The second-order valence-electron chi connectivity index (χ2n) is 10.8. The van der Waals surface area contributed by atoms with Crippen LogP contribution in [0.1, 0.15) is 38.4 Å². The highest BCUT2D eigenvalue weighted by molar-refractivity contribution is 5.97. The summed E-state index contributed by atoms with van der Waals surface area (Å²) in [6.45, 7) is 7.19. The Hall–Kier alpha value is -4.59. The second kappa shape index (κ2) is 12.9. The van der Waals surface area contributed by atoms with Crippen molar-refractivity contribution in [2.75, 3.05) is 26.2 Å².